The van der Waals surface area contributed by atoms with E-state index in [2.05, 4.69) is 31.8 Å². The summed E-state index contributed by atoms with van der Waals surface area (Å²) in [6.45, 7) is 0. The maximum atomic E-state index is 9.79. The Bertz CT molecular complexity index is 751. The molecule has 126 valence electrons. The van der Waals surface area contributed by atoms with Crippen LogP contribution in [0.2, 0.25) is 0 Å². The fourth-order valence-corrected chi connectivity index (χ4v) is 2.41. The summed E-state index contributed by atoms with van der Waals surface area (Å²) >= 11 is 8.55. The molecule has 0 saturated carbocycles. The molecule has 8 heteroatoms. The topological polar surface area (TPSA) is 75.1 Å². The lowest BCUT2D eigenvalue weighted by molar-refractivity contribution is 0.373. The quantitative estimate of drug-likeness (QED) is 0.398. The van der Waals surface area contributed by atoms with E-state index >= 15 is 0 Å². The standard InChI is InChI=1S/C16H16BrN3O3S/c1-22-12-5-3-11(4-6-12)19-16(24)20-18-9-10-7-14(21)15(23-2)8-13(10)17/h3-9,21H,1-2H3,(H2,19,20,24)/b18-9-. The summed E-state index contributed by atoms with van der Waals surface area (Å²) in [6, 6.07) is 10.5. The molecule has 0 aliphatic carbocycles. The number of phenolic OH excluding ortho intramolecular Hbond substituents is 1. The van der Waals surface area contributed by atoms with Crippen LogP contribution < -0.4 is 20.2 Å². The van der Waals surface area contributed by atoms with Crippen LogP contribution in [0, 0.1) is 0 Å². The molecule has 6 nitrogen and oxygen atoms in total. The SMILES string of the molecule is COc1ccc(NC(=S)N/N=C\c2cc(O)c(OC)cc2Br)cc1. The van der Waals surface area contributed by atoms with Crippen LogP contribution in [0.15, 0.2) is 46.0 Å². The molecule has 0 aliphatic heterocycles. The molecule has 0 fully saturated rings. The van der Waals surface area contributed by atoms with Gasteiger partial charge in [-0.15, -0.1) is 0 Å². The van der Waals surface area contributed by atoms with E-state index in [-0.39, 0.29) is 5.75 Å². The Morgan fingerprint density at radius 1 is 1.21 bits per heavy atom. The van der Waals surface area contributed by atoms with Gasteiger partial charge < -0.3 is 19.9 Å². The number of benzene rings is 2. The summed E-state index contributed by atoms with van der Waals surface area (Å²) in [4.78, 5) is 0. The Kier molecular flexibility index (Phi) is 6.39. The maximum absolute atomic E-state index is 9.79. The van der Waals surface area contributed by atoms with Gasteiger partial charge in [-0.2, -0.15) is 5.10 Å². The second-order valence-electron chi connectivity index (χ2n) is 4.60. The van der Waals surface area contributed by atoms with Crippen LogP contribution in [0.5, 0.6) is 17.2 Å². The summed E-state index contributed by atoms with van der Waals surface area (Å²) in [6.07, 6.45) is 1.53. The molecule has 0 saturated heterocycles. The molecule has 2 rings (SSSR count). The molecule has 2 aromatic carbocycles. The van der Waals surface area contributed by atoms with Gasteiger partial charge in [0.05, 0.1) is 20.4 Å². The number of thiocarbonyl (C=S) groups is 1. The number of phenols is 1. The van der Waals surface area contributed by atoms with E-state index in [4.69, 9.17) is 21.7 Å². The first-order chi connectivity index (χ1) is 11.5. The Hall–Kier alpha value is -2.32. The fourth-order valence-electron chi connectivity index (χ4n) is 1.82. The third kappa shape index (κ3) is 4.84. The number of nitrogens with one attached hydrogen (secondary N) is 2. The number of anilines is 1. The summed E-state index contributed by atoms with van der Waals surface area (Å²) in [5.74, 6) is 1.17. The molecule has 0 aliphatic rings. The van der Waals surface area contributed by atoms with E-state index in [1.54, 1.807) is 13.2 Å². The third-order valence-corrected chi connectivity index (χ3v) is 3.90. The third-order valence-electron chi connectivity index (χ3n) is 3.02. The molecule has 24 heavy (non-hydrogen) atoms. The maximum Gasteiger partial charge on any atom is 0.191 e. The number of hydrogen-bond donors (Lipinski definition) is 3. The molecule has 2 aromatic rings. The van der Waals surface area contributed by atoms with Crippen molar-refractivity contribution in [2.45, 2.75) is 0 Å². The van der Waals surface area contributed by atoms with Gasteiger partial charge in [-0.3, -0.25) is 5.43 Å². The predicted molar refractivity (Wildman–Crippen MR) is 102 cm³/mol. The van der Waals surface area contributed by atoms with Gasteiger partial charge in [0.1, 0.15) is 5.75 Å². The van der Waals surface area contributed by atoms with Crippen molar-refractivity contribution in [3.05, 3.63) is 46.4 Å². The van der Waals surface area contributed by atoms with Crippen molar-refractivity contribution < 1.29 is 14.6 Å². The van der Waals surface area contributed by atoms with Gasteiger partial charge in [0.25, 0.3) is 0 Å². The predicted octanol–water partition coefficient (Wildman–Crippen LogP) is 3.49. The molecule has 0 aromatic heterocycles. The average molecular weight is 410 g/mol. The Labute approximate surface area is 153 Å². The number of rotatable bonds is 5. The number of hydrazone groups is 1. The normalized spacial score (nSPS) is 10.5. The van der Waals surface area contributed by atoms with E-state index < -0.39 is 0 Å². The van der Waals surface area contributed by atoms with E-state index in [1.165, 1.54) is 19.4 Å². The van der Waals surface area contributed by atoms with E-state index in [1.807, 2.05) is 24.3 Å². The smallest absolute Gasteiger partial charge is 0.191 e. The first kappa shape index (κ1) is 18.0. The number of halogens is 1. The largest absolute Gasteiger partial charge is 0.504 e. The minimum atomic E-state index is 0.0288. The molecule has 0 unspecified atom stereocenters. The molecule has 0 bridgehead atoms. The highest BCUT2D eigenvalue weighted by molar-refractivity contribution is 9.10. The molecule has 3 N–H and O–H groups in total. The van der Waals surface area contributed by atoms with Crippen molar-refractivity contribution in [1.82, 2.24) is 5.43 Å². The van der Waals surface area contributed by atoms with Crippen LogP contribution in [0.1, 0.15) is 5.56 Å². The zero-order valence-electron chi connectivity index (χ0n) is 13.0. The highest BCUT2D eigenvalue weighted by Gasteiger charge is 2.06. The van der Waals surface area contributed by atoms with Crippen molar-refractivity contribution in [2.75, 3.05) is 19.5 Å². The van der Waals surface area contributed by atoms with Crippen molar-refractivity contribution in [2.24, 2.45) is 5.10 Å². The Balaban J connectivity index is 1.95. The van der Waals surface area contributed by atoms with Crippen LogP contribution in [0.4, 0.5) is 5.69 Å². The molecule has 0 radical (unpaired) electrons. The number of hydrogen-bond acceptors (Lipinski definition) is 5. The number of methoxy groups -OCH3 is 2. The van der Waals surface area contributed by atoms with E-state index in [0.29, 0.717) is 16.4 Å². The van der Waals surface area contributed by atoms with E-state index in [0.717, 1.165) is 15.9 Å². The lowest BCUT2D eigenvalue weighted by atomic mass is 10.2. The Morgan fingerprint density at radius 2 is 1.92 bits per heavy atom. The van der Waals surface area contributed by atoms with Gasteiger partial charge >= 0.3 is 0 Å². The monoisotopic (exact) mass is 409 g/mol. The lowest BCUT2D eigenvalue weighted by Crippen LogP contribution is -2.23. The summed E-state index contributed by atoms with van der Waals surface area (Å²) in [5, 5.41) is 17.2. The van der Waals surface area contributed by atoms with Crippen LogP contribution in [0.3, 0.4) is 0 Å². The minimum Gasteiger partial charge on any atom is -0.504 e. The van der Waals surface area contributed by atoms with Crippen LogP contribution in [-0.2, 0) is 0 Å². The van der Waals surface area contributed by atoms with Gasteiger partial charge in [0.2, 0.25) is 0 Å². The van der Waals surface area contributed by atoms with Crippen molar-refractivity contribution in [3.8, 4) is 17.2 Å². The number of nitrogens with zero attached hydrogens (tertiary/aromatic N) is 1. The van der Waals surface area contributed by atoms with Gasteiger partial charge in [0.15, 0.2) is 16.6 Å². The van der Waals surface area contributed by atoms with Gasteiger partial charge in [-0.25, -0.2) is 0 Å². The first-order valence-corrected chi connectivity index (χ1v) is 8.04. The van der Waals surface area contributed by atoms with Crippen LogP contribution >= 0.6 is 28.1 Å². The molecule has 0 heterocycles. The van der Waals surface area contributed by atoms with E-state index in [9.17, 15) is 5.11 Å². The summed E-state index contributed by atoms with van der Waals surface area (Å²) in [5.41, 5.74) is 4.19. The summed E-state index contributed by atoms with van der Waals surface area (Å²) in [7, 11) is 3.10. The fraction of sp³-hybridized carbons (Fsp3) is 0.125. The molecule has 0 amide bonds. The second-order valence-corrected chi connectivity index (χ2v) is 5.86. The van der Waals surface area contributed by atoms with Crippen molar-refractivity contribution in [3.63, 3.8) is 0 Å². The summed E-state index contributed by atoms with van der Waals surface area (Å²) < 4.78 is 10.9. The number of ether oxygens (including phenoxy) is 2. The molecule has 0 spiro atoms. The van der Waals surface area contributed by atoms with Crippen molar-refractivity contribution >= 4 is 45.2 Å². The highest BCUT2D eigenvalue weighted by atomic mass is 79.9. The lowest BCUT2D eigenvalue weighted by Gasteiger charge is -2.08. The highest BCUT2D eigenvalue weighted by Crippen LogP contribution is 2.31. The first-order valence-electron chi connectivity index (χ1n) is 6.84. The van der Waals surface area contributed by atoms with Gasteiger partial charge in [-0.05, 0) is 64.5 Å². The van der Waals surface area contributed by atoms with Crippen LogP contribution in [-0.4, -0.2) is 30.7 Å². The zero-order valence-corrected chi connectivity index (χ0v) is 15.4. The zero-order chi connectivity index (χ0) is 17.5. The second kappa shape index (κ2) is 8.51. The van der Waals surface area contributed by atoms with Crippen molar-refractivity contribution in [1.29, 1.82) is 0 Å². The Morgan fingerprint density at radius 3 is 2.54 bits per heavy atom. The molecular formula is C16H16BrN3O3S. The molecule has 0 atom stereocenters. The van der Waals surface area contributed by atoms with Gasteiger partial charge in [0, 0.05) is 15.7 Å². The minimum absolute atomic E-state index is 0.0288. The molecular weight excluding hydrogens is 394 g/mol. The van der Waals surface area contributed by atoms with Crippen LogP contribution in [0.25, 0.3) is 0 Å². The van der Waals surface area contributed by atoms with Gasteiger partial charge in [-0.1, -0.05) is 0 Å². The number of aromatic hydroxyl groups is 1. The average Bonchev–Trinajstić information content (AvgIpc) is 2.58.